The lowest BCUT2D eigenvalue weighted by molar-refractivity contribution is 0.0395. The van der Waals surface area contributed by atoms with E-state index in [0.717, 1.165) is 14.8 Å². The van der Waals surface area contributed by atoms with E-state index in [-0.39, 0.29) is 30.7 Å². The molecule has 0 bridgehead atoms. The summed E-state index contributed by atoms with van der Waals surface area (Å²) in [5.41, 5.74) is 2.00. The van der Waals surface area contributed by atoms with Gasteiger partial charge >= 0.3 is 5.97 Å². The molecule has 3 aromatic rings. The van der Waals surface area contributed by atoms with Gasteiger partial charge < -0.3 is 9.15 Å². The van der Waals surface area contributed by atoms with Crippen molar-refractivity contribution in [2.24, 2.45) is 0 Å². The monoisotopic (exact) mass is 427 g/mol. The van der Waals surface area contributed by atoms with Crippen molar-refractivity contribution in [1.29, 1.82) is 0 Å². The van der Waals surface area contributed by atoms with E-state index in [9.17, 15) is 14.4 Å². The molecule has 0 N–H and O–H groups in total. The Hall–Kier alpha value is -2.93. The molecule has 0 radical (unpaired) electrons. The van der Waals surface area contributed by atoms with Gasteiger partial charge in [-0.3, -0.25) is 14.5 Å². The number of carbonyl (C=O) groups excluding carboxylic acids is 3. The summed E-state index contributed by atoms with van der Waals surface area (Å²) in [4.78, 5) is 38.0. The van der Waals surface area contributed by atoms with Gasteiger partial charge in [-0.25, -0.2) is 4.79 Å². The molecule has 136 valence electrons. The van der Waals surface area contributed by atoms with Crippen molar-refractivity contribution >= 4 is 44.7 Å². The van der Waals surface area contributed by atoms with E-state index in [1.807, 2.05) is 12.1 Å². The summed E-state index contributed by atoms with van der Waals surface area (Å²) in [6, 6.07) is 12.1. The quantitative estimate of drug-likeness (QED) is 0.465. The van der Waals surface area contributed by atoms with Crippen LogP contribution >= 0.6 is 15.9 Å². The maximum atomic E-state index is 12.4. The van der Waals surface area contributed by atoms with Crippen molar-refractivity contribution in [2.75, 3.05) is 13.2 Å². The molecule has 0 spiro atoms. The molecule has 27 heavy (non-hydrogen) atoms. The SMILES string of the molecule is Cc1c(C(=O)OCCN2C(=O)c3ccccc3C2=O)oc2ccc(Br)cc12. The van der Waals surface area contributed by atoms with E-state index >= 15 is 0 Å². The third-order valence-electron chi connectivity index (χ3n) is 4.51. The summed E-state index contributed by atoms with van der Waals surface area (Å²) in [7, 11) is 0. The minimum absolute atomic E-state index is 0.0110. The molecule has 7 heteroatoms. The molecular formula is C20H14BrNO5. The predicted octanol–water partition coefficient (Wildman–Crippen LogP) is 3.96. The highest BCUT2D eigenvalue weighted by Crippen LogP contribution is 2.28. The Morgan fingerprint density at radius 1 is 1.11 bits per heavy atom. The first-order valence-corrected chi connectivity index (χ1v) is 9.07. The molecule has 0 saturated heterocycles. The molecule has 1 aliphatic rings. The molecular weight excluding hydrogens is 414 g/mol. The number of aryl methyl sites for hydroxylation is 1. The van der Waals surface area contributed by atoms with Crippen LogP contribution in [-0.4, -0.2) is 35.8 Å². The van der Waals surface area contributed by atoms with Gasteiger partial charge in [-0.15, -0.1) is 0 Å². The second-order valence-corrected chi connectivity index (χ2v) is 7.06. The zero-order chi connectivity index (χ0) is 19.1. The molecule has 0 unspecified atom stereocenters. The van der Waals surface area contributed by atoms with Gasteiger partial charge in [0.15, 0.2) is 0 Å². The normalized spacial score (nSPS) is 13.3. The van der Waals surface area contributed by atoms with Crippen molar-refractivity contribution < 1.29 is 23.5 Å². The van der Waals surface area contributed by atoms with Crippen LogP contribution in [0.25, 0.3) is 11.0 Å². The van der Waals surface area contributed by atoms with E-state index in [4.69, 9.17) is 9.15 Å². The van der Waals surface area contributed by atoms with Crippen molar-refractivity contribution in [3.8, 4) is 0 Å². The number of furan rings is 1. The molecule has 0 fully saturated rings. The van der Waals surface area contributed by atoms with Crippen molar-refractivity contribution in [3.05, 3.63) is 69.4 Å². The minimum atomic E-state index is -0.628. The summed E-state index contributed by atoms with van der Waals surface area (Å²) in [5.74, 6) is -1.27. The van der Waals surface area contributed by atoms with Crippen LogP contribution in [0.2, 0.25) is 0 Å². The summed E-state index contributed by atoms with van der Waals surface area (Å²) in [6.45, 7) is 1.66. The Bertz CT molecular complexity index is 1070. The second kappa shape index (κ2) is 6.66. The lowest BCUT2D eigenvalue weighted by atomic mass is 10.1. The molecule has 1 aromatic heterocycles. The lowest BCUT2D eigenvalue weighted by Crippen LogP contribution is -2.33. The number of nitrogens with zero attached hydrogens (tertiary/aromatic N) is 1. The number of benzene rings is 2. The van der Waals surface area contributed by atoms with Crippen LogP contribution in [0.5, 0.6) is 0 Å². The van der Waals surface area contributed by atoms with Gasteiger partial charge in [0, 0.05) is 15.4 Å². The fourth-order valence-corrected chi connectivity index (χ4v) is 3.49. The number of imide groups is 1. The Morgan fingerprint density at radius 2 is 1.78 bits per heavy atom. The summed E-state index contributed by atoms with van der Waals surface area (Å²) in [6.07, 6.45) is 0. The van der Waals surface area contributed by atoms with Crippen molar-refractivity contribution in [3.63, 3.8) is 0 Å². The molecule has 0 aliphatic carbocycles. The van der Waals surface area contributed by atoms with E-state index in [0.29, 0.717) is 22.3 Å². The fraction of sp³-hybridized carbons (Fsp3) is 0.150. The Labute approximate surface area is 162 Å². The van der Waals surface area contributed by atoms with Crippen LogP contribution in [0.1, 0.15) is 36.8 Å². The van der Waals surface area contributed by atoms with Crippen LogP contribution < -0.4 is 0 Å². The first-order valence-electron chi connectivity index (χ1n) is 8.28. The zero-order valence-electron chi connectivity index (χ0n) is 14.3. The fourth-order valence-electron chi connectivity index (χ4n) is 3.13. The van der Waals surface area contributed by atoms with Crippen LogP contribution in [0.15, 0.2) is 51.4 Å². The van der Waals surface area contributed by atoms with Crippen molar-refractivity contribution in [1.82, 2.24) is 4.90 Å². The van der Waals surface area contributed by atoms with Gasteiger partial charge in [0.1, 0.15) is 12.2 Å². The lowest BCUT2D eigenvalue weighted by Gasteiger charge is -2.13. The van der Waals surface area contributed by atoms with Crippen LogP contribution in [0, 0.1) is 6.92 Å². The van der Waals surface area contributed by atoms with E-state index < -0.39 is 5.97 Å². The number of esters is 1. The minimum Gasteiger partial charge on any atom is -0.458 e. The van der Waals surface area contributed by atoms with Gasteiger partial charge in [0.25, 0.3) is 11.8 Å². The first-order chi connectivity index (χ1) is 13.0. The maximum absolute atomic E-state index is 12.4. The largest absolute Gasteiger partial charge is 0.458 e. The summed E-state index contributed by atoms with van der Waals surface area (Å²) < 4.78 is 11.7. The molecule has 2 amide bonds. The number of carbonyl (C=O) groups is 3. The van der Waals surface area contributed by atoms with Crippen LogP contribution in [0.3, 0.4) is 0 Å². The van der Waals surface area contributed by atoms with Gasteiger partial charge in [0.05, 0.1) is 17.7 Å². The predicted molar refractivity (Wildman–Crippen MR) is 101 cm³/mol. The van der Waals surface area contributed by atoms with Crippen molar-refractivity contribution in [2.45, 2.75) is 6.92 Å². The molecule has 2 heterocycles. The number of ether oxygens (including phenoxy) is 1. The average molecular weight is 428 g/mol. The molecule has 4 rings (SSSR count). The first kappa shape index (κ1) is 17.5. The van der Waals surface area contributed by atoms with E-state index in [1.165, 1.54) is 0 Å². The molecule has 1 aliphatic heterocycles. The standard InChI is InChI=1S/C20H14BrNO5/c1-11-15-10-12(21)6-7-16(15)27-17(11)20(25)26-9-8-22-18(23)13-4-2-3-5-14(13)19(22)24/h2-7,10H,8-9H2,1H3. The summed E-state index contributed by atoms with van der Waals surface area (Å²) >= 11 is 3.39. The van der Waals surface area contributed by atoms with Gasteiger partial charge in [-0.2, -0.15) is 0 Å². The highest BCUT2D eigenvalue weighted by molar-refractivity contribution is 9.10. The highest BCUT2D eigenvalue weighted by atomic mass is 79.9. The number of halogens is 1. The highest BCUT2D eigenvalue weighted by Gasteiger charge is 2.35. The molecule has 2 aromatic carbocycles. The molecule has 0 atom stereocenters. The Balaban J connectivity index is 1.44. The third-order valence-corrected chi connectivity index (χ3v) is 5.00. The van der Waals surface area contributed by atoms with Gasteiger partial charge in [0.2, 0.25) is 5.76 Å². The van der Waals surface area contributed by atoms with Crippen LogP contribution in [-0.2, 0) is 4.74 Å². The smallest absolute Gasteiger partial charge is 0.374 e. The third kappa shape index (κ3) is 2.94. The number of hydrogen-bond acceptors (Lipinski definition) is 5. The topological polar surface area (TPSA) is 76.8 Å². The summed E-state index contributed by atoms with van der Waals surface area (Å²) in [5, 5.41) is 0.816. The van der Waals surface area contributed by atoms with Gasteiger partial charge in [-0.05, 0) is 37.3 Å². The maximum Gasteiger partial charge on any atom is 0.374 e. The van der Waals surface area contributed by atoms with Gasteiger partial charge in [-0.1, -0.05) is 28.1 Å². The van der Waals surface area contributed by atoms with E-state index in [2.05, 4.69) is 15.9 Å². The number of fused-ring (bicyclic) bond motifs is 2. The Morgan fingerprint density at radius 3 is 2.44 bits per heavy atom. The van der Waals surface area contributed by atoms with E-state index in [1.54, 1.807) is 37.3 Å². The molecule has 0 saturated carbocycles. The second-order valence-electron chi connectivity index (χ2n) is 6.14. The van der Waals surface area contributed by atoms with Crippen LogP contribution in [0.4, 0.5) is 0 Å². The average Bonchev–Trinajstić information content (AvgIpc) is 3.11. The number of amides is 2. The zero-order valence-corrected chi connectivity index (χ0v) is 15.9. The Kier molecular flexibility index (Phi) is 4.31. The number of hydrogen-bond donors (Lipinski definition) is 0. The number of rotatable bonds is 4. The molecule has 6 nitrogen and oxygen atoms in total.